The average Bonchev–Trinajstić information content (AvgIpc) is 3.47. The maximum absolute atomic E-state index is 2.37. The minimum atomic E-state index is 1.24. The summed E-state index contributed by atoms with van der Waals surface area (Å²) in [5, 5.41) is 13.2. The third-order valence-corrected chi connectivity index (χ3v) is 10.7. The predicted molar refractivity (Wildman–Crippen MR) is 197 cm³/mol. The maximum Gasteiger partial charge on any atom is 0.0361 e. The second kappa shape index (κ2) is 9.50. The third-order valence-electron chi connectivity index (χ3n) is 9.59. The fraction of sp³-hybridized carbons (Fsp3) is 0. The molecule has 0 saturated heterocycles. The zero-order chi connectivity index (χ0) is 29.5. The van der Waals surface area contributed by atoms with Gasteiger partial charge in [0.05, 0.1) is 0 Å². The normalized spacial score (nSPS) is 12.0. The predicted octanol–water partition coefficient (Wildman–Crippen LogP) is 13.1. The van der Waals surface area contributed by atoms with Crippen LogP contribution < -0.4 is 0 Å². The minimum Gasteiger partial charge on any atom is -0.135 e. The molecular weight excluding hydrogens is 561 g/mol. The van der Waals surface area contributed by atoms with Gasteiger partial charge in [-0.15, -0.1) is 11.3 Å². The van der Waals surface area contributed by atoms with E-state index in [0.717, 1.165) is 0 Å². The molecule has 0 amide bonds. The number of thiophene rings is 1. The quantitative estimate of drug-likeness (QED) is 0.181. The fourth-order valence-electron chi connectivity index (χ4n) is 7.36. The third kappa shape index (κ3) is 3.84. The summed E-state index contributed by atoms with van der Waals surface area (Å²) < 4.78 is 2.65. The van der Waals surface area contributed by atoms with Crippen LogP contribution in [0.25, 0.3) is 96.6 Å². The van der Waals surface area contributed by atoms with Gasteiger partial charge in [0, 0.05) is 20.2 Å². The van der Waals surface area contributed by atoms with E-state index < -0.39 is 0 Å². The second-order valence-electron chi connectivity index (χ2n) is 12.1. The Labute approximate surface area is 264 Å². The topological polar surface area (TPSA) is 0 Å². The molecule has 9 aromatic carbocycles. The molecule has 1 aromatic heterocycles. The van der Waals surface area contributed by atoms with E-state index in [1.807, 2.05) is 11.3 Å². The molecule has 0 aliphatic heterocycles. The van der Waals surface area contributed by atoms with E-state index in [1.54, 1.807) is 0 Å². The minimum absolute atomic E-state index is 1.24. The van der Waals surface area contributed by atoms with Crippen LogP contribution in [0, 0.1) is 0 Å². The summed E-state index contributed by atoms with van der Waals surface area (Å²) in [6, 6.07) is 58.6. The lowest BCUT2D eigenvalue weighted by Gasteiger charge is -2.14. The van der Waals surface area contributed by atoms with Gasteiger partial charge in [0.25, 0.3) is 0 Å². The Morgan fingerprint density at radius 1 is 0.289 bits per heavy atom. The Hall–Kier alpha value is -5.50. The fourth-order valence-corrected chi connectivity index (χ4v) is 8.54. The molecular formula is C44H26S. The molecule has 0 radical (unpaired) electrons. The molecule has 0 bridgehead atoms. The van der Waals surface area contributed by atoms with Crippen LogP contribution in [0.2, 0.25) is 0 Å². The van der Waals surface area contributed by atoms with Crippen LogP contribution >= 0.6 is 11.3 Å². The van der Waals surface area contributed by atoms with Crippen molar-refractivity contribution in [2.45, 2.75) is 0 Å². The molecule has 10 aromatic rings. The molecule has 1 heteroatoms. The number of benzene rings is 9. The van der Waals surface area contributed by atoms with E-state index in [9.17, 15) is 0 Å². The molecule has 0 aliphatic carbocycles. The summed E-state index contributed by atoms with van der Waals surface area (Å²) in [6.45, 7) is 0. The summed E-state index contributed by atoms with van der Waals surface area (Å²) in [6.07, 6.45) is 0. The van der Waals surface area contributed by atoms with Crippen LogP contribution in [0.1, 0.15) is 0 Å². The molecule has 0 unspecified atom stereocenters. The van der Waals surface area contributed by atoms with Crippen molar-refractivity contribution in [2.75, 3.05) is 0 Å². The van der Waals surface area contributed by atoms with Crippen molar-refractivity contribution in [1.29, 1.82) is 0 Å². The lowest BCUT2D eigenvalue weighted by atomic mass is 9.89. The van der Waals surface area contributed by atoms with Gasteiger partial charge in [0.15, 0.2) is 0 Å². The molecule has 10 rings (SSSR count). The molecule has 45 heavy (non-hydrogen) atoms. The van der Waals surface area contributed by atoms with Crippen molar-refractivity contribution in [1.82, 2.24) is 0 Å². The summed E-state index contributed by atoms with van der Waals surface area (Å²) >= 11 is 1.89. The molecule has 0 nitrogen and oxygen atoms in total. The van der Waals surface area contributed by atoms with Crippen LogP contribution in [-0.4, -0.2) is 0 Å². The van der Waals surface area contributed by atoms with Gasteiger partial charge >= 0.3 is 0 Å². The van der Waals surface area contributed by atoms with Crippen molar-refractivity contribution in [3.8, 4) is 33.4 Å². The van der Waals surface area contributed by atoms with E-state index in [1.165, 1.54) is 96.6 Å². The van der Waals surface area contributed by atoms with Gasteiger partial charge < -0.3 is 0 Å². The Morgan fingerprint density at radius 3 is 1.58 bits per heavy atom. The molecule has 1 heterocycles. The van der Waals surface area contributed by atoms with Gasteiger partial charge in [-0.2, -0.15) is 0 Å². The number of fused-ring (bicyclic) bond motifs is 4. The highest BCUT2D eigenvalue weighted by Gasteiger charge is 2.13. The lowest BCUT2D eigenvalue weighted by Crippen LogP contribution is -1.87. The van der Waals surface area contributed by atoms with Crippen LogP contribution in [0.15, 0.2) is 158 Å². The monoisotopic (exact) mass is 586 g/mol. The molecule has 0 spiro atoms. The van der Waals surface area contributed by atoms with Gasteiger partial charge in [0.1, 0.15) is 0 Å². The van der Waals surface area contributed by atoms with E-state index in [0.29, 0.717) is 0 Å². The average molecular weight is 587 g/mol. The smallest absolute Gasteiger partial charge is 0.0361 e. The summed E-state index contributed by atoms with van der Waals surface area (Å²) in [4.78, 5) is 0. The van der Waals surface area contributed by atoms with Crippen LogP contribution in [0.3, 0.4) is 0 Å². The standard InChI is InChI=1S/C44H26S/c1-2-6-31-23-33(14-11-27(31)5-1)35-18-21-39-38-20-17-34(25-41(38)45-42(39)26-35)32-9-4-10-36(24-32)37-19-15-30-13-12-28-7-3-8-29-16-22-40(37)44(30)43(28)29/h1-26H. The maximum atomic E-state index is 2.37. The second-order valence-corrected chi connectivity index (χ2v) is 13.2. The van der Waals surface area contributed by atoms with Gasteiger partial charge in [-0.05, 0) is 101 Å². The lowest BCUT2D eigenvalue weighted by molar-refractivity contribution is 1.63. The van der Waals surface area contributed by atoms with E-state index in [2.05, 4.69) is 158 Å². The highest BCUT2D eigenvalue weighted by Crippen LogP contribution is 2.42. The first-order valence-corrected chi connectivity index (χ1v) is 16.3. The van der Waals surface area contributed by atoms with Crippen molar-refractivity contribution in [3.05, 3.63) is 158 Å². The number of hydrogen-bond donors (Lipinski definition) is 0. The zero-order valence-electron chi connectivity index (χ0n) is 24.4. The van der Waals surface area contributed by atoms with Crippen molar-refractivity contribution < 1.29 is 0 Å². The van der Waals surface area contributed by atoms with Crippen LogP contribution in [-0.2, 0) is 0 Å². The SMILES string of the molecule is c1cc(-c2ccc3c(c2)sc2cc(-c4ccc5ccccc5c4)ccc23)cc(-c2ccc3ccc4cccc5ccc2c3c45)c1. The number of rotatable bonds is 3. The highest BCUT2D eigenvalue weighted by molar-refractivity contribution is 7.25. The van der Waals surface area contributed by atoms with E-state index >= 15 is 0 Å². The van der Waals surface area contributed by atoms with Crippen LogP contribution in [0.4, 0.5) is 0 Å². The van der Waals surface area contributed by atoms with E-state index in [-0.39, 0.29) is 0 Å². The Morgan fingerprint density at radius 2 is 0.800 bits per heavy atom. The van der Waals surface area contributed by atoms with Gasteiger partial charge in [-0.3, -0.25) is 0 Å². The first kappa shape index (κ1) is 24.9. The first-order chi connectivity index (χ1) is 22.3. The zero-order valence-corrected chi connectivity index (χ0v) is 25.2. The number of hydrogen-bond acceptors (Lipinski definition) is 1. The molecule has 208 valence electrons. The van der Waals surface area contributed by atoms with Crippen molar-refractivity contribution >= 4 is 74.6 Å². The van der Waals surface area contributed by atoms with Gasteiger partial charge in [0.2, 0.25) is 0 Å². The van der Waals surface area contributed by atoms with Gasteiger partial charge in [-0.1, -0.05) is 133 Å². The molecule has 0 saturated carbocycles. The summed E-state index contributed by atoms with van der Waals surface area (Å²) in [5.41, 5.74) is 7.56. The Kier molecular flexibility index (Phi) is 5.25. The van der Waals surface area contributed by atoms with Gasteiger partial charge in [-0.25, -0.2) is 0 Å². The molecule has 0 N–H and O–H groups in total. The Balaban J connectivity index is 1.07. The van der Waals surface area contributed by atoms with Crippen molar-refractivity contribution in [2.24, 2.45) is 0 Å². The first-order valence-electron chi connectivity index (χ1n) is 15.5. The molecule has 0 aliphatic rings. The summed E-state index contributed by atoms with van der Waals surface area (Å²) in [5.74, 6) is 0. The van der Waals surface area contributed by atoms with Crippen molar-refractivity contribution in [3.63, 3.8) is 0 Å². The summed E-state index contributed by atoms with van der Waals surface area (Å²) in [7, 11) is 0. The molecule has 0 atom stereocenters. The highest BCUT2D eigenvalue weighted by atomic mass is 32.1. The molecule has 0 fully saturated rings. The largest absolute Gasteiger partial charge is 0.135 e. The van der Waals surface area contributed by atoms with Crippen LogP contribution in [0.5, 0.6) is 0 Å². The van der Waals surface area contributed by atoms with E-state index in [4.69, 9.17) is 0 Å². The Bertz CT molecular complexity index is 2750.